The van der Waals surface area contributed by atoms with E-state index in [4.69, 9.17) is 9.84 Å². The number of carbonyl (C=O) groups is 1. The van der Waals surface area contributed by atoms with Gasteiger partial charge in [0.15, 0.2) is 6.61 Å². The van der Waals surface area contributed by atoms with Crippen LogP contribution in [0.3, 0.4) is 0 Å². The highest BCUT2D eigenvalue weighted by Crippen LogP contribution is 2.24. The van der Waals surface area contributed by atoms with Gasteiger partial charge >= 0.3 is 5.97 Å². The number of fused-ring (bicyclic) bond motifs is 1. The molecule has 0 aliphatic heterocycles. The van der Waals surface area contributed by atoms with Crippen LogP contribution in [0.1, 0.15) is 0 Å². The molecule has 1 heterocycles. The van der Waals surface area contributed by atoms with Gasteiger partial charge in [-0.25, -0.2) is 9.18 Å². The largest absolute Gasteiger partial charge is 0.481 e. The van der Waals surface area contributed by atoms with Gasteiger partial charge in [-0.05, 0) is 24.3 Å². The molecule has 16 heavy (non-hydrogen) atoms. The molecule has 4 nitrogen and oxygen atoms in total. The zero-order valence-electron chi connectivity index (χ0n) is 8.18. The molecular formula is C11H8FNO3. The summed E-state index contributed by atoms with van der Waals surface area (Å²) in [5.41, 5.74) is 0.560. The predicted octanol–water partition coefficient (Wildman–Crippen LogP) is 1.84. The molecular weight excluding hydrogens is 213 g/mol. The standard InChI is InChI=1S/C11H8FNO3/c12-7-1-2-9-8(5-7)10(3-4-13-9)16-6-11(14)15/h1-5H,6H2,(H,14,15). The molecule has 0 bridgehead atoms. The predicted molar refractivity (Wildman–Crippen MR) is 54.8 cm³/mol. The minimum atomic E-state index is -1.08. The van der Waals surface area contributed by atoms with E-state index >= 15 is 0 Å². The fraction of sp³-hybridized carbons (Fsp3) is 0.0909. The van der Waals surface area contributed by atoms with E-state index in [9.17, 15) is 9.18 Å². The first-order chi connectivity index (χ1) is 7.66. The monoisotopic (exact) mass is 221 g/mol. The summed E-state index contributed by atoms with van der Waals surface area (Å²) in [7, 11) is 0. The summed E-state index contributed by atoms with van der Waals surface area (Å²) in [6, 6.07) is 5.57. The second-order valence-electron chi connectivity index (χ2n) is 3.15. The van der Waals surface area contributed by atoms with E-state index in [1.54, 1.807) is 0 Å². The Labute approximate surface area is 90.3 Å². The Kier molecular flexibility index (Phi) is 2.68. The molecule has 0 aliphatic carbocycles. The van der Waals surface area contributed by atoms with Gasteiger partial charge in [0.25, 0.3) is 0 Å². The fourth-order valence-corrected chi connectivity index (χ4v) is 1.36. The number of benzene rings is 1. The molecule has 0 aliphatic rings. The fourth-order valence-electron chi connectivity index (χ4n) is 1.36. The van der Waals surface area contributed by atoms with Crippen molar-refractivity contribution in [1.29, 1.82) is 0 Å². The molecule has 1 aromatic heterocycles. The summed E-state index contributed by atoms with van der Waals surface area (Å²) < 4.78 is 18.0. The van der Waals surface area contributed by atoms with Crippen LogP contribution in [-0.2, 0) is 4.79 Å². The van der Waals surface area contributed by atoms with Gasteiger partial charge in [0, 0.05) is 11.6 Å². The van der Waals surface area contributed by atoms with Crippen LogP contribution < -0.4 is 4.74 Å². The molecule has 0 amide bonds. The maximum Gasteiger partial charge on any atom is 0.341 e. The van der Waals surface area contributed by atoms with E-state index < -0.39 is 18.4 Å². The summed E-state index contributed by atoms with van der Waals surface area (Å²) in [6.07, 6.45) is 1.48. The van der Waals surface area contributed by atoms with Crippen LogP contribution in [0.5, 0.6) is 5.75 Å². The first-order valence-electron chi connectivity index (χ1n) is 4.55. The topological polar surface area (TPSA) is 59.4 Å². The van der Waals surface area contributed by atoms with Crippen molar-refractivity contribution < 1.29 is 19.0 Å². The normalized spacial score (nSPS) is 10.3. The Morgan fingerprint density at radius 3 is 3.00 bits per heavy atom. The molecule has 0 unspecified atom stereocenters. The first-order valence-corrected chi connectivity index (χ1v) is 4.55. The van der Waals surface area contributed by atoms with Crippen molar-refractivity contribution in [2.75, 3.05) is 6.61 Å². The number of hydrogen-bond donors (Lipinski definition) is 1. The second-order valence-corrected chi connectivity index (χ2v) is 3.15. The van der Waals surface area contributed by atoms with Gasteiger partial charge in [-0.15, -0.1) is 0 Å². The van der Waals surface area contributed by atoms with Gasteiger partial charge in [0.1, 0.15) is 11.6 Å². The van der Waals surface area contributed by atoms with Crippen molar-refractivity contribution in [3.63, 3.8) is 0 Å². The van der Waals surface area contributed by atoms with Crippen LogP contribution in [0.2, 0.25) is 0 Å². The van der Waals surface area contributed by atoms with Crippen LogP contribution in [0.15, 0.2) is 30.5 Å². The SMILES string of the molecule is O=C(O)COc1ccnc2ccc(F)cc12. The Hall–Kier alpha value is -2.17. The van der Waals surface area contributed by atoms with E-state index in [-0.39, 0.29) is 0 Å². The van der Waals surface area contributed by atoms with E-state index in [1.807, 2.05) is 0 Å². The van der Waals surface area contributed by atoms with E-state index in [1.165, 1.54) is 30.5 Å². The Morgan fingerprint density at radius 2 is 2.25 bits per heavy atom. The van der Waals surface area contributed by atoms with Gasteiger partial charge in [-0.2, -0.15) is 0 Å². The van der Waals surface area contributed by atoms with Crippen molar-refractivity contribution >= 4 is 16.9 Å². The summed E-state index contributed by atoms with van der Waals surface area (Å²) in [6.45, 7) is -0.463. The van der Waals surface area contributed by atoms with Gasteiger partial charge in [-0.1, -0.05) is 0 Å². The zero-order chi connectivity index (χ0) is 11.5. The third kappa shape index (κ3) is 2.08. The number of carboxylic acid groups (broad SMARTS) is 1. The maximum atomic E-state index is 13.0. The third-order valence-corrected chi connectivity index (χ3v) is 2.01. The zero-order valence-corrected chi connectivity index (χ0v) is 8.18. The second kappa shape index (κ2) is 4.14. The Bertz CT molecular complexity index is 542. The molecule has 1 aromatic carbocycles. The highest BCUT2D eigenvalue weighted by molar-refractivity contribution is 5.85. The Balaban J connectivity index is 2.43. The summed E-state index contributed by atoms with van der Waals surface area (Å²) >= 11 is 0. The van der Waals surface area contributed by atoms with Crippen molar-refractivity contribution in [2.45, 2.75) is 0 Å². The molecule has 2 aromatic rings. The molecule has 0 radical (unpaired) electrons. The molecule has 0 saturated heterocycles. The van der Waals surface area contributed by atoms with Crippen molar-refractivity contribution in [3.8, 4) is 5.75 Å². The highest BCUT2D eigenvalue weighted by atomic mass is 19.1. The minimum absolute atomic E-state index is 0.312. The molecule has 82 valence electrons. The number of pyridine rings is 1. The lowest BCUT2D eigenvalue weighted by molar-refractivity contribution is -0.139. The average Bonchev–Trinajstić information content (AvgIpc) is 2.26. The van der Waals surface area contributed by atoms with Crippen LogP contribution >= 0.6 is 0 Å². The molecule has 2 rings (SSSR count). The van der Waals surface area contributed by atoms with Crippen LogP contribution in [0.4, 0.5) is 4.39 Å². The van der Waals surface area contributed by atoms with Gasteiger partial charge in [0.2, 0.25) is 0 Å². The molecule has 0 saturated carbocycles. The molecule has 1 N–H and O–H groups in total. The van der Waals surface area contributed by atoms with E-state index in [0.29, 0.717) is 16.7 Å². The number of hydrogen-bond acceptors (Lipinski definition) is 3. The van der Waals surface area contributed by atoms with Crippen LogP contribution in [-0.4, -0.2) is 22.7 Å². The molecule has 5 heteroatoms. The number of ether oxygens (including phenoxy) is 1. The number of carboxylic acids is 1. The van der Waals surface area contributed by atoms with Gasteiger partial charge < -0.3 is 9.84 Å². The molecule has 0 fully saturated rings. The van der Waals surface area contributed by atoms with E-state index in [0.717, 1.165) is 0 Å². The summed E-state index contributed by atoms with van der Waals surface area (Å²) in [4.78, 5) is 14.4. The Morgan fingerprint density at radius 1 is 1.44 bits per heavy atom. The van der Waals surface area contributed by atoms with E-state index in [2.05, 4.69) is 4.98 Å². The minimum Gasteiger partial charge on any atom is -0.481 e. The summed E-state index contributed by atoms with van der Waals surface area (Å²) in [5, 5.41) is 8.95. The smallest absolute Gasteiger partial charge is 0.341 e. The quantitative estimate of drug-likeness (QED) is 0.859. The first kappa shape index (κ1) is 10.4. The highest BCUT2D eigenvalue weighted by Gasteiger charge is 2.06. The number of nitrogens with zero attached hydrogens (tertiary/aromatic N) is 1. The lowest BCUT2D eigenvalue weighted by atomic mass is 10.2. The van der Waals surface area contributed by atoms with Crippen molar-refractivity contribution in [1.82, 2.24) is 4.98 Å². The number of rotatable bonds is 3. The maximum absolute atomic E-state index is 13.0. The van der Waals surface area contributed by atoms with Crippen molar-refractivity contribution in [3.05, 3.63) is 36.3 Å². The molecule has 0 atom stereocenters. The number of halogens is 1. The lowest BCUT2D eigenvalue weighted by Gasteiger charge is -2.06. The molecule has 0 spiro atoms. The summed E-state index contributed by atoms with van der Waals surface area (Å²) in [5.74, 6) is -1.19. The van der Waals surface area contributed by atoms with Crippen LogP contribution in [0.25, 0.3) is 10.9 Å². The van der Waals surface area contributed by atoms with Crippen molar-refractivity contribution in [2.24, 2.45) is 0 Å². The van der Waals surface area contributed by atoms with Crippen LogP contribution in [0, 0.1) is 5.82 Å². The number of aliphatic carboxylic acids is 1. The third-order valence-electron chi connectivity index (χ3n) is 2.01. The van der Waals surface area contributed by atoms with Gasteiger partial charge in [-0.3, -0.25) is 4.98 Å². The number of aromatic nitrogens is 1. The van der Waals surface area contributed by atoms with Gasteiger partial charge in [0.05, 0.1) is 5.52 Å². The lowest BCUT2D eigenvalue weighted by Crippen LogP contribution is -2.09. The average molecular weight is 221 g/mol.